The number of rotatable bonds is 5. The zero-order valence-corrected chi connectivity index (χ0v) is 14.6. The molecule has 2 saturated heterocycles. The van der Waals surface area contributed by atoms with Crippen molar-refractivity contribution < 1.29 is 9.21 Å². The monoisotopic (exact) mass is 343 g/mol. The molecule has 0 saturated carbocycles. The minimum atomic E-state index is 0.307. The van der Waals surface area contributed by atoms with E-state index in [1.54, 1.807) is 12.6 Å². The number of hydrogen-bond acceptors (Lipinski definition) is 5. The van der Waals surface area contributed by atoms with E-state index >= 15 is 0 Å². The molecule has 25 heavy (non-hydrogen) atoms. The molecule has 0 spiro atoms. The second-order valence-corrected chi connectivity index (χ2v) is 7.16. The summed E-state index contributed by atoms with van der Waals surface area (Å²) in [5.41, 5.74) is 2.09. The zero-order valence-electron chi connectivity index (χ0n) is 14.6. The number of hydrogen-bond donors (Lipinski definition) is 1. The molecule has 134 valence electrons. The summed E-state index contributed by atoms with van der Waals surface area (Å²) in [5.74, 6) is 1.58. The number of nitrogens with zero attached hydrogens (tertiary/aromatic N) is 4. The number of aromatic amines is 1. The Morgan fingerprint density at radius 2 is 2.32 bits per heavy atom. The lowest BCUT2D eigenvalue weighted by Gasteiger charge is -2.47. The fourth-order valence-corrected chi connectivity index (χ4v) is 4.23. The van der Waals surface area contributed by atoms with E-state index in [0.717, 1.165) is 62.7 Å². The Balaban J connectivity index is 1.37. The fraction of sp³-hybridized carbons (Fsp3) is 0.611. The Hall–Kier alpha value is -2.15. The Bertz CT molecular complexity index is 711. The van der Waals surface area contributed by atoms with Crippen molar-refractivity contribution in [1.82, 2.24) is 24.8 Å². The third kappa shape index (κ3) is 3.61. The maximum absolute atomic E-state index is 12.4. The van der Waals surface area contributed by atoms with Gasteiger partial charge in [-0.05, 0) is 18.8 Å². The SMILES string of the molecule is Cc1nc(CN2CC[C@@H]3[C@@H](CCC(=O)N3CCc3cnc[nH]3)C2)co1. The molecule has 2 fully saturated rings. The number of amides is 1. The molecular weight excluding hydrogens is 318 g/mol. The van der Waals surface area contributed by atoms with Crippen molar-refractivity contribution in [2.45, 2.75) is 45.2 Å². The van der Waals surface area contributed by atoms with Gasteiger partial charge in [-0.3, -0.25) is 9.69 Å². The molecule has 4 rings (SSSR count). The Labute approximate surface area is 147 Å². The van der Waals surface area contributed by atoms with Gasteiger partial charge in [-0.2, -0.15) is 0 Å². The summed E-state index contributed by atoms with van der Waals surface area (Å²) >= 11 is 0. The first-order chi connectivity index (χ1) is 12.2. The lowest BCUT2D eigenvalue weighted by molar-refractivity contribution is -0.141. The first-order valence-electron chi connectivity index (χ1n) is 9.09. The quantitative estimate of drug-likeness (QED) is 0.895. The van der Waals surface area contributed by atoms with Gasteiger partial charge in [0, 0.05) is 63.9 Å². The average molecular weight is 343 g/mol. The number of aromatic nitrogens is 3. The van der Waals surface area contributed by atoms with E-state index in [2.05, 4.69) is 24.8 Å². The van der Waals surface area contributed by atoms with Crippen LogP contribution in [0.2, 0.25) is 0 Å². The normalized spacial score (nSPS) is 24.5. The number of piperidine rings is 2. The lowest BCUT2D eigenvalue weighted by Crippen LogP contribution is -2.56. The van der Waals surface area contributed by atoms with Gasteiger partial charge < -0.3 is 14.3 Å². The van der Waals surface area contributed by atoms with Crippen molar-refractivity contribution in [3.8, 4) is 0 Å². The van der Waals surface area contributed by atoms with Crippen LogP contribution >= 0.6 is 0 Å². The summed E-state index contributed by atoms with van der Waals surface area (Å²) < 4.78 is 5.31. The number of nitrogens with one attached hydrogen (secondary N) is 1. The zero-order chi connectivity index (χ0) is 17.2. The van der Waals surface area contributed by atoms with Gasteiger partial charge >= 0.3 is 0 Å². The summed E-state index contributed by atoms with van der Waals surface area (Å²) in [6, 6.07) is 0.375. The van der Waals surface area contributed by atoms with E-state index in [1.807, 2.05) is 13.1 Å². The number of imidazole rings is 1. The maximum atomic E-state index is 12.4. The van der Waals surface area contributed by atoms with Crippen LogP contribution in [-0.4, -0.2) is 56.3 Å². The topological polar surface area (TPSA) is 78.3 Å². The number of aryl methyl sites for hydroxylation is 1. The highest BCUT2D eigenvalue weighted by Gasteiger charge is 2.39. The Morgan fingerprint density at radius 1 is 1.40 bits per heavy atom. The molecule has 2 aromatic heterocycles. The molecule has 0 aliphatic carbocycles. The Kier molecular flexibility index (Phi) is 4.57. The van der Waals surface area contributed by atoms with Gasteiger partial charge in [-0.15, -0.1) is 0 Å². The molecular formula is C18H25N5O2. The standard InChI is InChI=1S/C18H25N5O2/c1-13-21-16(11-25-13)10-22-6-5-17-14(9-22)2-3-18(24)23(17)7-4-15-8-19-12-20-15/h8,11-12,14,17H,2-7,9-10H2,1H3,(H,19,20)/t14-,17+/m0/s1. The molecule has 1 N–H and O–H groups in total. The molecule has 0 unspecified atom stereocenters. The summed E-state index contributed by atoms with van der Waals surface area (Å²) in [6.45, 7) is 5.53. The van der Waals surface area contributed by atoms with E-state index < -0.39 is 0 Å². The second-order valence-electron chi connectivity index (χ2n) is 7.16. The number of H-pyrrole nitrogens is 1. The van der Waals surface area contributed by atoms with Crippen LogP contribution in [0.5, 0.6) is 0 Å². The fourth-order valence-electron chi connectivity index (χ4n) is 4.23. The van der Waals surface area contributed by atoms with Crippen molar-refractivity contribution >= 4 is 5.91 Å². The van der Waals surface area contributed by atoms with Gasteiger partial charge in [0.2, 0.25) is 5.91 Å². The molecule has 0 bridgehead atoms. The van der Waals surface area contributed by atoms with Crippen LogP contribution in [0.4, 0.5) is 0 Å². The molecule has 1 amide bonds. The molecule has 7 heteroatoms. The van der Waals surface area contributed by atoms with Crippen molar-refractivity contribution in [3.05, 3.63) is 36.1 Å². The van der Waals surface area contributed by atoms with E-state index in [0.29, 0.717) is 24.3 Å². The van der Waals surface area contributed by atoms with Gasteiger partial charge in [-0.25, -0.2) is 9.97 Å². The van der Waals surface area contributed by atoms with Gasteiger partial charge in [0.1, 0.15) is 6.26 Å². The molecule has 2 aliphatic heterocycles. The van der Waals surface area contributed by atoms with Gasteiger partial charge in [-0.1, -0.05) is 0 Å². The summed E-state index contributed by atoms with van der Waals surface area (Å²) in [7, 11) is 0. The first kappa shape index (κ1) is 16.3. The van der Waals surface area contributed by atoms with Crippen LogP contribution in [0.1, 0.15) is 36.5 Å². The average Bonchev–Trinajstić information content (AvgIpc) is 3.26. The van der Waals surface area contributed by atoms with Gasteiger partial charge in [0.05, 0.1) is 12.0 Å². The van der Waals surface area contributed by atoms with Crippen LogP contribution < -0.4 is 0 Å². The van der Waals surface area contributed by atoms with Gasteiger partial charge in [0.15, 0.2) is 5.89 Å². The smallest absolute Gasteiger partial charge is 0.222 e. The Morgan fingerprint density at radius 3 is 3.08 bits per heavy atom. The van der Waals surface area contributed by atoms with E-state index in [9.17, 15) is 4.79 Å². The summed E-state index contributed by atoms with van der Waals surface area (Å²) in [4.78, 5) is 28.6. The van der Waals surface area contributed by atoms with Crippen LogP contribution in [0.15, 0.2) is 23.2 Å². The molecule has 0 aromatic carbocycles. The highest BCUT2D eigenvalue weighted by Crippen LogP contribution is 2.32. The predicted molar refractivity (Wildman–Crippen MR) is 91.7 cm³/mol. The second kappa shape index (κ2) is 7.00. The van der Waals surface area contributed by atoms with E-state index in [-0.39, 0.29) is 0 Å². The van der Waals surface area contributed by atoms with E-state index in [4.69, 9.17) is 4.42 Å². The number of carbonyl (C=O) groups excluding carboxylic acids is 1. The molecule has 7 nitrogen and oxygen atoms in total. The van der Waals surface area contributed by atoms with Crippen molar-refractivity contribution in [3.63, 3.8) is 0 Å². The van der Waals surface area contributed by atoms with Crippen molar-refractivity contribution in [1.29, 1.82) is 0 Å². The minimum Gasteiger partial charge on any atom is -0.449 e. The molecule has 0 radical (unpaired) electrons. The molecule has 2 atom stereocenters. The molecule has 2 aliphatic rings. The van der Waals surface area contributed by atoms with Crippen LogP contribution in [0.3, 0.4) is 0 Å². The molecule has 4 heterocycles. The number of likely N-dealkylation sites (tertiary alicyclic amines) is 2. The largest absolute Gasteiger partial charge is 0.449 e. The van der Waals surface area contributed by atoms with Crippen molar-refractivity contribution in [2.75, 3.05) is 19.6 Å². The summed E-state index contributed by atoms with van der Waals surface area (Å²) in [6.07, 6.45) is 8.84. The van der Waals surface area contributed by atoms with Crippen molar-refractivity contribution in [2.24, 2.45) is 5.92 Å². The number of fused-ring (bicyclic) bond motifs is 1. The third-order valence-electron chi connectivity index (χ3n) is 5.46. The third-order valence-corrected chi connectivity index (χ3v) is 5.46. The number of carbonyl (C=O) groups is 1. The molecule has 2 aromatic rings. The first-order valence-corrected chi connectivity index (χ1v) is 9.09. The highest BCUT2D eigenvalue weighted by atomic mass is 16.3. The van der Waals surface area contributed by atoms with Gasteiger partial charge in [0.25, 0.3) is 0 Å². The lowest BCUT2D eigenvalue weighted by atomic mass is 9.83. The highest BCUT2D eigenvalue weighted by molar-refractivity contribution is 5.77. The predicted octanol–water partition coefficient (Wildman–Crippen LogP) is 1.76. The van der Waals surface area contributed by atoms with Crippen LogP contribution in [-0.2, 0) is 17.8 Å². The summed E-state index contributed by atoms with van der Waals surface area (Å²) in [5, 5.41) is 0. The maximum Gasteiger partial charge on any atom is 0.222 e. The van der Waals surface area contributed by atoms with E-state index in [1.165, 1.54) is 0 Å². The minimum absolute atomic E-state index is 0.307. The van der Waals surface area contributed by atoms with Crippen LogP contribution in [0.25, 0.3) is 0 Å². The number of oxazole rings is 1. The van der Waals surface area contributed by atoms with Crippen LogP contribution in [0, 0.1) is 12.8 Å².